The number of hydrogen-bond donors (Lipinski definition) is 1. The Morgan fingerprint density at radius 1 is 1.00 bits per heavy atom. The summed E-state index contributed by atoms with van der Waals surface area (Å²) in [4.78, 5) is 9.89. The molecule has 0 aromatic rings. The first-order chi connectivity index (χ1) is 6.33. The lowest BCUT2D eigenvalue weighted by atomic mass is 10.1. The van der Waals surface area contributed by atoms with Crippen LogP contribution < -0.4 is 5.32 Å². The highest BCUT2D eigenvalue weighted by Crippen LogP contribution is 2.05. The average Bonchev–Trinajstić information content (AvgIpc) is 2.13. The second-order valence-corrected chi connectivity index (χ2v) is 3.22. The molecule has 0 saturated carbocycles. The molecule has 0 saturated heterocycles. The number of rotatable bonds is 7. The Hall–Kier alpha value is -0.370. The van der Waals surface area contributed by atoms with Crippen LogP contribution >= 0.6 is 0 Å². The zero-order valence-corrected chi connectivity index (χ0v) is 9.44. The van der Waals surface area contributed by atoms with E-state index in [4.69, 9.17) is 0 Å². The molecule has 0 heterocycles. The molecule has 0 spiro atoms. The molecule has 13 heavy (non-hydrogen) atoms. The van der Waals surface area contributed by atoms with E-state index >= 15 is 0 Å². The molecule has 0 bridgehead atoms. The van der Waals surface area contributed by atoms with Gasteiger partial charge in [0.25, 0.3) is 0 Å². The van der Waals surface area contributed by atoms with Crippen molar-refractivity contribution in [2.75, 3.05) is 14.1 Å². The summed E-state index contributed by atoms with van der Waals surface area (Å²) >= 11 is 0. The summed E-state index contributed by atoms with van der Waals surface area (Å²) in [5.41, 5.74) is 0. The van der Waals surface area contributed by atoms with E-state index in [2.05, 4.69) is 12.2 Å². The van der Waals surface area contributed by atoms with Crippen molar-refractivity contribution in [1.29, 1.82) is 0 Å². The molecule has 2 nitrogen and oxygen atoms in total. The first-order valence-electron chi connectivity index (χ1n) is 5.35. The minimum absolute atomic E-state index is 0.756. The summed E-state index contributed by atoms with van der Waals surface area (Å²) in [6, 6.07) is 0. The Balaban J connectivity index is 0. The molecule has 2 heteroatoms. The van der Waals surface area contributed by atoms with Crippen molar-refractivity contribution >= 4 is 6.29 Å². The topological polar surface area (TPSA) is 29.1 Å². The molecule has 0 amide bonds. The molecule has 0 aliphatic carbocycles. The quantitative estimate of drug-likeness (QED) is 0.490. The van der Waals surface area contributed by atoms with Crippen LogP contribution in [0.3, 0.4) is 0 Å². The maximum atomic E-state index is 9.89. The number of hydrogen-bond acceptors (Lipinski definition) is 2. The molecule has 0 rings (SSSR count). The van der Waals surface area contributed by atoms with Gasteiger partial charge in [-0.1, -0.05) is 39.0 Å². The molecule has 80 valence electrons. The first-order valence-corrected chi connectivity index (χ1v) is 5.35. The first kappa shape index (κ1) is 15.1. The van der Waals surface area contributed by atoms with Gasteiger partial charge in [0.2, 0.25) is 0 Å². The van der Waals surface area contributed by atoms with Crippen molar-refractivity contribution in [3.05, 3.63) is 0 Å². The fraction of sp³-hybridized carbons (Fsp3) is 0.909. The summed E-state index contributed by atoms with van der Waals surface area (Å²) in [5, 5.41) is 2.75. The van der Waals surface area contributed by atoms with Gasteiger partial charge in [0.1, 0.15) is 6.29 Å². The zero-order valence-electron chi connectivity index (χ0n) is 9.44. The maximum absolute atomic E-state index is 9.89. The Morgan fingerprint density at radius 3 is 1.92 bits per heavy atom. The lowest BCUT2D eigenvalue weighted by Gasteiger charge is -1.95. The summed E-state index contributed by atoms with van der Waals surface area (Å²) < 4.78 is 0. The van der Waals surface area contributed by atoms with Crippen molar-refractivity contribution in [3.63, 3.8) is 0 Å². The van der Waals surface area contributed by atoms with Crippen molar-refractivity contribution < 1.29 is 4.79 Å². The second kappa shape index (κ2) is 17.6. The van der Waals surface area contributed by atoms with Crippen molar-refractivity contribution in [1.82, 2.24) is 5.32 Å². The van der Waals surface area contributed by atoms with Gasteiger partial charge in [0, 0.05) is 6.42 Å². The molecular formula is C11H25NO. The SMILES string of the molecule is CCCCCCCCC=O.CNC. The predicted molar refractivity (Wildman–Crippen MR) is 59.0 cm³/mol. The lowest BCUT2D eigenvalue weighted by Crippen LogP contribution is -1.89. The third-order valence-electron chi connectivity index (χ3n) is 1.68. The minimum Gasteiger partial charge on any atom is -0.323 e. The molecule has 0 aliphatic rings. The molecule has 0 atom stereocenters. The van der Waals surface area contributed by atoms with Crippen LogP contribution in [0, 0.1) is 0 Å². The third kappa shape index (κ3) is 24.5. The van der Waals surface area contributed by atoms with Crippen molar-refractivity contribution in [2.24, 2.45) is 0 Å². The van der Waals surface area contributed by atoms with Crippen LogP contribution in [0.5, 0.6) is 0 Å². The fourth-order valence-electron chi connectivity index (χ4n) is 1.01. The largest absolute Gasteiger partial charge is 0.323 e. The van der Waals surface area contributed by atoms with Gasteiger partial charge in [-0.05, 0) is 20.5 Å². The van der Waals surface area contributed by atoms with Crippen LogP contribution in [0.15, 0.2) is 0 Å². The summed E-state index contributed by atoms with van der Waals surface area (Å²) in [6.45, 7) is 2.21. The smallest absolute Gasteiger partial charge is 0.119 e. The molecule has 0 aromatic carbocycles. The fourth-order valence-corrected chi connectivity index (χ4v) is 1.01. The van der Waals surface area contributed by atoms with E-state index < -0.39 is 0 Å². The Morgan fingerprint density at radius 2 is 1.46 bits per heavy atom. The molecule has 0 radical (unpaired) electrons. The number of unbranched alkanes of at least 4 members (excludes halogenated alkanes) is 6. The Kier molecular flexibility index (Phi) is 20.5. The highest BCUT2D eigenvalue weighted by atomic mass is 16.1. The maximum Gasteiger partial charge on any atom is 0.119 e. The monoisotopic (exact) mass is 187 g/mol. The lowest BCUT2D eigenvalue weighted by molar-refractivity contribution is -0.107. The van der Waals surface area contributed by atoms with Crippen LogP contribution in [0.1, 0.15) is 51.9 Å². The van der Waals surface area contributed by atoms with E-state index in [1.54, 1.807) is 0 Å². The zero-order chi connectivity index (χ0) is 10.4. The van der Waals surface area contributed by atoms with Gasteiger partial charge in [-0.3, -0.25) is 0 Å². The van der Waals surface area contributed by atoms with Gasteiger partial charge in [0.15, 0.2) is 0 Å². The van der Waals surface area contributed by atoms with Crippen molar-refractivity contribution in [3.8, 4) is 0 Å². The molecule has 0 aliphatic heterocycles. The van der Waals surface area contributed by atoms with Crippen LogP contribution in [0.25, 0.3) is 0 Å². The van der Waals surface area contributed by atoms with Crippen molar-refractivity contribution in [2.45, 2.75) is 51.9 Å². The summed E-state index contributed by atoms with van der Waals surface area (Å²) in [7, 11) is 3.75. The van der Waals surface area contributed by atoms with Crippen LogP contribution in [-0.4, -0.2) is 20.4 Å². The highest BCUT2D eigenvalue weighted by molar-refractivity contribution is 5.48. The van der Waals surface area contributed by atoms with E-state index in [0.29, 0.717) is 0 Å². The standard InChI is InChI=1S/C9H18O.C2H7N/c1-2-3-4-5-6-7-8-9-10;1-3-2/h9H,2-8H2,1H3;3H,1-2H3. The van der Waals surface area contributed by atoms with E-state index in [1.807, 2.05) is 14.1 Å². The Labute approximate surface area is 83.1 Å². The third-order valence-corrected chi connectivity index (χ3v) is 1.68. The van der Waals surface area contributed by atoms with Gasteiger partial charge in [0.05, 0.1) is 0 Å². The molecule has 0 unspecified atom stereocenters. The number of aldehydes is 1. The molecule has 1 N–H and O–H groups in total. The average molecular weight is 187 g/mol. The Bertz CT molecular complexity index is 84.2. The van der Waals surface area contributed by atoms with E-state index in [-0.39, 0.29) is 0 Å². The number of nitrogens with one attached hydrogen (secondary N) is 1. The van der Waals surface area contributed by atoms with Gasteiger partial charge < -0.3 is 10.1 Å². The van der Waals surface area contributed by atoms with Crippen LogP contribution in [0.2, 0.25) is 0 Å². The second-order valence-electron chi connectivity index (χ2n) is 3.22. The van der Waals surface area contributed by atoms with Gasteiger partial charge in [-0.2, -0.15) is 0 Å². The van der Waals surface area contributed by atoms with Crippen LogP contribution in [-0.2, 0) is 4.79 Å². The van der Waals surface area contributed by atoms with Crippen LogP contribution in [0.4, 0.5) is 0 Å². The van der Waals surface area contributed by atoms with E-state index in [0.717, 1.165) is 19.1 Å². The van der Waals surface area contributed by atoms with E-state index in [1.165, 1.54) is 32.1 Å². The highest BCUT2D eigenvalue weighted by Gasteiger charge is 1.87. The summed E-state index contributed by atoms with van der Waals surface area (Å²) in [6.07, 6.45) is 9.39. The van der Waals surface area contributed by atoms with Gasteiger partial charge in [-0.15, -0.1) is 0 Å². The number of carbonyl (C=O) groups excluding carboxylic acids is 1. The van der Waals surface area contributed by atoms with Gasteiger partial charge >= 0.3 is 0 Å². The molecular weight excluding hydrogens is 162 g/mol. The van der Waals surface area contributed by atoms with E-state index in [9.17, 15) is 4.79 Å². The molecule has 0 aromatic heterocycles. The van der Waals surface area contributed by atoms with Gasteiger partial charge in [-0.25, -0.2) is 0 Å². The number of carbonyl (C=O) groups is 1. The normalized spacial score (nSPS) is 8.85. The summed E-state index contributed by atoms with van der Waals surface area (Å²) in [5.74, 6) is 0. The minimum atomic E-state index is 0.756. The predicted octanol–water partition coefficient (Wildman–Crippen LogP) is 2.77. The molecule has 0 fully saturated rings.